The third-order valence-electron chi connectivity index (χ3n) is 2.54. The number of aryl methyl sites for hydroxylation is 1. The second-order valence-corrected chi connectivity index (χ2v) is 3.83. The number of carbonyl (C=O) groups excluding carboxylic acids is 1. The summed E-state index contributed by atoms with van der Waals surface area (Å²) in [5, 5.41) is 0. The second-order valence-electron chi connectivity index (χ2n) is 3.83. The largest absolute Gasteiger partial charge is 0.369 e. The summed E-state index contributed by atoms with van der Waals surface area (Å²) in [7, 11) is 1.50. The van der Waals surface area contributed by atoms with Crippen molar-refractivity contribution < 1.29 is 13.9 Å². The minimum absolute atomic E-state index is 0.0414. The zero-order chi connectivity index (χ0) is 12.1. The van der Waals surface area contributed by atoms with Gasteiger partial charge in [-0.25, -0.2) is 4.39 Å². The molecule has 0 aliphatic rings. The molecule has 1 aromatic carbocycles. The van der Waals surface area contributed by atoms with Crippen molar-refractivity contribution in [1.82, 2.24) is 0 Å². The van der Waals surface area contributed by atoms with Crippen molar-refractivity contribution >= 4 is 5.78 Å². The number of halogens is 1. The molecule has 0 aliphatic heterocycles. The van der Waals surface area contributed by atoms with Gasteiger partial charge in [0.15, 0.2) is 5.78 Å². The van der Waals surface area contributed by atoms with Crippen LogP contribution in [0.15, 0.2) is 18.2 Å². The standard InChI is InChI=1S/C13H17FO2/c1-4-5-12(15)13(16-3)11-7-6-10(14)8-9(11)2/h6-8,13H,4-5H2,1-3H3. The molecule has 1 rings (SSSR count). The van der Waals surface area contributed by atoms with Crippen LogP contribution in [-0.4, -0.2) is 12.9 Å². The molecule has 0 fully saturated rings. The average Bonchev–Trinajstić information content (AvgIpc) is 2.22. The van der Waals surface area contributed by atoms with Gasteiger partial charge in [0.05, 0.1) is 0 Å². The number of hydrogen-bond acceptors (Lipinski definition) is 2. The number of ketones is 1. The molecule has 0 spiro atoms. The van der Waals surface area contributed by atoms with Gasteiger partial charge in [-0.2, -0.15) is 0 Å². The molecule has 0 saturated heterocycles. The van der Waals surface area contributed by atoms with Gasteiger partial charge in [-0.15, -0.1) is 0 Å². The molecule has 0 aromatic heterocycles. The van der Waals surface area contributed by atoms with Crippen LogP contribution in [0.2, 0.25) is 0 Å². The fraction of sp³-hybridized carbons (Fsp3) is 0.462. The minimum atomic E-state index is -0.569. The predicted molar refractivity (Wildman–Crippen MR) is 60.8 cm³/mol. The Hall–Kier alpha value is -1.22. The molecule has 1 atom stereocenters. The summed E-state index contributed by atoms with van der Waals surface area (Å²) in [6, 6.07) is 4.39. The summed E-state index contributed by atoms with van der Waals surface area (Å²) in [4.78, 5) is 11.8. The van der Waals surface area contributed by atoms with Crippen molar-refractivity contribution in [3.05, 3.63) is 35.1 Å². The fourth-order valence-electron chi connectivity index (χ4n) is 1.74. The third kappa shape index (κ3) is 2.89. The van der Waals surface area contributed by atoms with E-state index in [0.717, 1.165) is 17.5 Å². The molecule has 0 saturated carbocycles. The SMILES string of the molecule is CCCC(=O)C(OC)c1ccc(F)cc1C. The van der Waals surface area contributed by atoms with Crippen LogP contribution in [0.3, 0.4) is 0 Å². The fourth-order valence-corrected chi connectivity index (χ4v) is 1.74. The first-order chi connectivity index (χ1) is 7.60. The Balaban J connectivity index is 2.99. The molecule has 1 aromatic rings. The summed E-state index contributed by atoms with van der Waals surface area (Å²) < 4.78 is 18.1. The van der Waals surface area contributed by atoms with Gasteiger partial charge in [-0.05, 0) is 36.6 Å². The lowest BCUT2D eigenvalue weighted by Crippen LogP contribution is -2.15. The van der Waals surface area contributed by atoms with Crippen molar-refractivity contribution in [2.75, 3.05) is 7.11 Å². The normalized spacial score (nSPS) is 12.5. The highest BCUT2D eigenvalue weighted by atomic mass is 19.1. The van der Waals surface area contributed by atoms with Crippen LogP contribution in [0, 0.1) is 12.7 Å². The van der Waals surface area contributed by atoms with Crippen LogP contribution < -0.4 is 0 Å². The first kappa shape index (κ1) is 12.8. The zero-order valence-corrected chi connectivity index (χ0v) is 9.92. The number of ether oxygens (including phenoxy) is 1. The van der Waals surface area contributed by atoms with Crippen LogP contribution in [0.4, 0.5) is 4.39 Å². The molecular formula is C13H17FO2. The van der Waals surface area contributed by atoms with Crippen molar-refractivity contribution in [3.63, 3.8) is 0 Å². The number of carbonyl (C=O) groups is 1. The molecular weight excluding hydrogens is 207 g/mol. The minimum Gasteiger partial charge on any atom is -0.369 e. The topological polar surface area (TPSA) is 26.3 Å². The Morgan fingerprint density at radius 1 is 1.50 bits per heavy atom. The van der Waals surface area contributed by atoms with Crippen LogP contribution in [0.1, 0.15) is 37.0 Å². The Kier molecular flexibility index (Phi) is 4.62. The molecule has 0 radical (unpaired) electrons. The van der Waals surface area contributed by atoms with Crippen molar-refractivity contribution in [2.45, 2.75) is 32.8 Å². The smallest absolute Gasteiger partial charge is 0.166 e. The van der Waals surface area contributed by atoms with E-state index in [1.807, 2.05) is 6.92 Å². The molecule has 2 nitrogen and oxygen atoms in total. The van der Waals surface area contributed by atoms with Gasteiger partial charge in [0.2, 0.25) is 0 Å². The van der Waals surface area contributed by atoms with E-state index >= 15 is 0 Å². The number of Topliss-reactive ketones (excluding diaryl/α,β-unsaturated/α-hetero) is 1. The van der Waals surface area contributed by atoms with E-state index in [-0.39, 0.29) is 11.6 Å². The maximum Gasteiger partial charge on any atom is 0.166 e. The molecule has 0 heterocycles. The number of benzene rings is 1. The van der Waals surface area contributed by atoms with E-state index in [0.29, 0.717) is 6.42 Å². The first-order valence-electron chi connectivity index (χ1n) is 5.41. The van der Waals surface area contributed by atoms with Crippen LogP contribution >= 0.6 is 0 Å². The molecule has 88 valence electrons. The van der Waals surface area contributed by atoms with Gasteiger partial charge >= 0.3 is 0 Å². The predicted octanol–water partition coefficient (Wildman–Crippen LogP) is 3.19. The summed E-state index contributed by atoms with van der Waals surface area (Å²) in [5.74, 6) is -0.251. The second kappa shape index (κ2) is 5.75. The molecule has 0 amide bonds. The Labute approximate surface area is 95.4 Å². The van der Waals surface area contributed by atoms with Crippen LogP contribution in [0.5, 0.6) is 0 Å². The van der Waals surface area contributed by atoms with Crippen LogP contribution in [0.25, 0.3) is 0 Å². The van der Waals surface area contributed by atoms with Gasteiger partial charge < -0.3 is 4.74 Å². The number of hydrogen-bond donors (Lipinski definition) is 0. The maximum atomic E-state index is 12.9. The van der Waals surface area contributed by atoms with Crippen LogP contribution in [-0.2, 0) is 9.53 Å². The first-order valence-corrected chi connectivity index (χ1v) is 5.41. The Morgan fingerprint density at radius 2 is 2.19 bits per heavy atom. The summed E-state index contributed by atoms with van der Waals surface area (Å²) in [6.45, 7) is 3.73. The Morgan fingerprint density at radius 3 is 2.69 bits per heavy atom. The van der Waals surface area contributed by atoms with E-state index in [4.69, 9.17) is 4.74 Å². The molecule has 16 heavy (non-hydrogen) atoms. The molecule has 1 unspecified atom stereocenters. The van der Waals surface area contributed by atoms with E-state index in [2.05, 4.69) is 0 Å². The van der Waals surface area contributed by atoms with E-state index in [1.165, 1.54) is 19.2 Å². The lowest BCUT2D eigenvalue weighted by Gasteiger charge is -2.16. The average molecular weight is 224 g/mol. The van der Waals surface area contributed by atoms with Crippen molar-refractivity contribution in [1.29, 1.82) is 0 Å². The summed E-state index contributed by atoms with van der Waals surface area (Å²) >= 11 is 0. The van der Waals surface area contributed by atoms with Gasteiger partial charge in [0.25, 0.3) is 0 Å². The monoisotopic (exact) mass is 224 g/mol. The maximum absolute atomic E-state index is 12.9. The summed E-state index contributed by atoms with van der Waals surface area (Å²) in [6.07, 6.45) is 0.703. The highest BCUT2D eigenvalue weighted by Gasteiger charge is 2.20. The van der Waals surface area contributed by atoms with Gasteiger partial charge in [0, 0.05) is 13.5 Å². The quantitative estimate of drug-likeness (QED) is 0.767. The lowest BCUT2D eigenvalue weighted by atomic mass is 9.98. The van der Waals surface area contributed by atoms with E-state index < -0.39 is 6.10 Å². The van der Waals surface area contributed by atoms with Gasteiger partial charge in [0.1, 0.15) is 11.9 Å². The van der Waals surface area contributed by atoms with Gasteiger partial charge in [-0.1, -0.05) is 13.0 Å². The highest BCUT2D eigenvalue weighted by molar-refractivity contribution is 5.84. The molecule has 0 N–H and O–H groups in total. The number of rotatable bonds is 5. The van der Waals surface area contributed by atoms with Gasteiger partial charge in [-0.3, -0.25) is 4.79 Å². The molecule has 3 heteroatoms. The molecule has 0 bridgehead atoms. The third-order valence-corrected chi connectivity index (χ3v) is 2.54. The summed E-state index contributed by atoms with van der Waals surface area (Å²) in [5.41, 5.74) is 1.50. The van der Waals surface area contributed by atoms with E-state index in [1.54, 1.807) is 13.0 Å². The lowest BCUT2D eigenvalue weighted by molar-refractivity contribution is -0.129. The van der Waals surface area contributed by atoms with Crippen molar-refractivity contribution in [3.8, 4) is 0 Å². The van der Waals surface area contributed by atoms with Crippen molar-refractivity contribution in [2.24, 2.45) is 0 Å². The number of methoxy groups -OCH3 is 1. The highest BCUT2D eigenvalue weighted by Crippen LogP contribution is 2.23. The zero-order valence-electron chi connectivity index (χ0n) is 9.92. The molecule has 0 aliphatic carbocycles. The Bertz CT molecular complexity index is 374. The van der Waals surface area contributed by atoms with E-state index in [9.17, 15) is 9.18 Å².